The first-order valence-corrected chi connectivity index (χ1v) is 10.0. The van der Waals surface area contributed by atoms with Gasteiger partial charge in [-0.1, -0.05) is 48.0 Å². The second-order valence-corrected chi connectivity index (χ2v) is 7.57. The Hall–Kier alpha value is -2.43. The summed E-state index contributed by atoms with van der Waals surface area (Å²) >= 11 is 6.63. The number of rotatable bonds is 5. The highest BCUT2D eigenvalue weighted by Gasteiger charge is 2.38. The Labute approximate surface area is 171 Å². The van der Waals surface area contributed by atoms with Crippen molar-refractivity contribution in [3.05, 3.63) is 88.5 Å². The van der Waals surface area contributed by atoms with Gasteiger partial charge in [-0.05, 0) is 49.7 Å². The fraction of sp³-hybridized carbons (Fsp3) is 0.304. The third-order valence-electron chi connectivity index (χ3n) is 5.58. The zero-order chi connectivity index (χ0) is 19.4. The molecule has 0 atom stereocenters. The highest BCUT2D eigenvalue weighted by atomic mass is 35.5. The van der Waals surface area contributed by atoms with Gasteiger partial charge in [0.25, 0.3) is 0 Å². The molecular weight excluding hydrogens is 370 g/mol. The summed E-state index contributed by atoms with van der Waals surface area (Å²) in [6.07, 6.45) is 4.42. The number of ether oxygens (including phenoxy) is 1. The Morgan fingerprint density at radius 2 is 1.79 bits per heavy atom. The smallest absolute Gasteiger partial charge is 0.133 e. The summed E-state index contributed by atoms with van der Waals surface area (Å²) in [4.78, 5) is 9.54. The number of hydrogen-bond acceptors (Lipinski definition) is 4. The van der Waals surface area contributed by atoms with Crippen LogP contribution < -0.4 is 10.1 Å². The number of para-hydroxylation sites is 1. The molecule has 0 aliphatic carbocycles. The van der Waals surface area contributed by atoms with Crippen LogP contribution in [0.25, 0.3) is 0 Å². The van der Waals surface area contributed by atoms with Crippen molar-refractivity contribution in [3.63, 3.8) is 0 Å². The number of hydrogen-bond donors (Lipinski definition) is 1. The van der Waals surface area contributed by atoms with Gasteiger partial charge in [0.1, 0.15) is 11.6 Å². The zero-order valence-corrected chi connectivity index (χ0v) is 16.7. The normalized spacial score (nSPS) is 15.9. The Morgan fingerprint density at radius 1 is 1.04 bits per heavy atom. The van der Waals surface area contributed by atoms with E-state index in [2.05, 4.69) is 28.5 Å². The predicted molar refractivity (Wildman–Crippen MR) is 112 cm³/mol. The SMILES string of the molecule is COc1ccccc1Cc1nccc(C2(c3ccccc3Cl)CCNCC2)n1. The van der Waals surface area contributed by atoms with E-state index in [0.29, 0.717) is 6.42 Å². The van der Waals surface area contributed by atoms with Crippen LogP contribution in [0.3, 0.4) is 0 Å². The van der Waals surface area contributed by atoms with Crippen LogP contribution in [0.4, 0.5) is 0 Å². The number of halogens is 1. The lowest BCUT2D eigenvalue weighted by atomic mass is 9.70. The van der Waals surface area contributed by atoms with E-state index in [0.717, 1.165) is 59.3 Å². The van der Waals surface area contributed by atoms with Gasteiger partial charge in [-0.15, -0.1) is 0 Å². The van der Waals surface area contributed by atoms with E-state index in [1.807, 2.05) is 42.6 Å². The standard InChI is InChI=1S/C23H24ClN3O/c1-28-20-9-5-2-6-17(20)16-22-26-13-10-21(27-22)23(11-14-25-15-12-23)18-7-3-4-8-19(18)24/h2-10,13,25H,11-12,14-16H2,1H3. The summed E-state index contributed by atoms with van der Waals surface area (Å²) in [5, 5.41) is 4.27. The van der Waals surface area contributed by atoms with Gasteiger partial charge in [0.2, 0.25) is 0 Å². The van der Waals surface area contributed by atoms with Crippen LogP contribution in [0.15, 0.2) is 60.8 Å². The summed E-state index contributed by atoms with van der Waals surface area (Å²) in [5.41, 5.74) is 3.09. The van der Waals surface area contributed by atoms with Crippen LogP contribution in [0.2, 0.25) is 5.02 Å². The average Bonchev–Trinajstić information content (AvgIpc) is 2.75. The topological polar surface area (TPSA) is 47.0 Å². The molecule has 1 N–H and O–H groups in total. The molecule has 1 saturated heterocycles. The second-order valence-electron chi connectivity index (χ2n) is 7.16. The van der Waals surface area contributed by atoms with Gasteiger partial charge in [-0.3, -0.25) is 0 Å². The molecule has 0 unspecified atom stereocenters. The predicted octanol–water partition coefficient (Wildman–Crippen LogP) is 4.40. The molecule has 1 fully saturated rings. The maximum Gasteiger partial charge on any atom is 0.133 e. The largest absolute Gasteiger partial charge is 0.496 e. The van der Waals surface area contributed by atoms with Gasteiger partial charge < -0.3 is 10.1 Å². The molecule has 0 radical (unpaired) electrons. The number of nitrogens with zero attached hydrogens (tertiary/aromatic N) is 2. The fourth-order valence-electron chi connectivity index (χ4n) is 4.14. The van der Waals surface area contributed by atoms with Gasteiger partial charge in [0.15, 0.2) is 0 Å². The Morgan fingerprint density at radius 3 is 2.57 bits per heavy atom. The Balaban J connectivity index is 1.74. The van der Waals surface area contributed by atoms with Crippen molar-refractivity contribution in [2.75, 3.05) is 20.2 Å². The molecule has 0 amide bonds. The minimum atomic E-state index is -0.192. The van der Waals surface area contributed by atoms with Gasteiger partial charge in [0.05, 0.1) is 12.8 Å². The summed E-state index contributed by atoms with van der Waals surface area (Å²) < 4.78 is 5.49. The molecule has 2 heterocycles. The summed E-state index contributed by atoms with van der Waals surface area (Å²) in [6.45, 7) is 1.88. The van der Waals surface area contributed by atoms with Gasteiger partial charge >= 0.3 is 0 Å². The molecule has 1 aliphatic heterocycles. The lowest BCUT2D eigenvalue weighted by Crippen LogP contribution is -2.41. The summed E-state index contributed by atoms with van der Waals surface area (Å²) in [7, 11) is 1.69. The average molecular weight is 394 g/mol. The minimum Gasteiger partial charge on any atom is -0.496 e. The third-order valence-corrected chi connectivity index (χ3v) is 5.91. The van der Waals surface area contributed by atoms with Gasteiger partial charge in [-0.25, -0.2) is 9.97 Å². The lowest BCUT2D eigenvalue weighted by molar-refractivity contribution is 0.353. The van der Waals surface area contributed by atoms with E-state index in [1.165, 1.54) is 0 Å². The minimum absolute atomic E-state index is 0.192. The quantitative estimate of drug-likeness (QED) is 0.698. The number of nitrogens with one attached hydrogen (secondary N) is 1. The van der Waals surface area contributed by atoms with Crippen LogP contribution in [-0.2, 0) is 11.8 Å². The van der Waals surface area contributed by atoms with Crippen LogP contribution in [-0.4, -0.2) is 30.2 Å². The monoisotopic (exact) mass is 393 g/mol. The summed E-state index contributed by atoms with van der Waals surface area (Å²) in [6, 6.07) is 18.2. The maximum absolute atomic E-state index is 6.63. The highest BCUT2D eigenvalue weighted by molar-refractivity contribution is 6.31. The first-order chi connectivity index (χ1) is 13.7. The van der Waals surface area contributed by atoms with Crippen LogP contribution >= 0.6 is 11.6 Å². The third kappa shape index (κ3) is 3.62. The molecule has 4 nitrogen and oxygen atoms in total. The van der Waals surface area contributed by atoms with Crippen molar-refractivity contribution in [1.29, 1.82) is 0 Å². The molecular formula is C23H24ClN3O. The molecule has 0 spiro atoms. The van der Waals surface area contributed by atoms with Crippen molar-refractivity contribution < 1.29 is 4.74 Å². The molecule has 3 aromatic rings. The molecule has 1 aromatic heterocycles. The Bertz CT molecular complexity index is 954. The first kappa shape index (κ1) is 18.9. The van der Waals surface area contributed by atoms with Crippen molar-refractivity contribution in [2.45, 2.75) is 24.7 Å². The van der Waals surface area contributed by atoms with Gasteiger partial charge in [0, 0.05) is 28.6 Å². The fourth-order valence-corrected chi connectivity index (χ4v) is 4.45. The van der Waals surface area contributed by atoms with E-state index in [-0.39, 0.29) is 5.41 Å². The number of methoxy groups -OCH3 is 1. The van der Waals surface area contributed by atoms with Crippen molar-refractivity contribution in [1.82, 2.24) is 15.3 Å². The zero-order valence-electron chi connectivity index (χ0n) is 16.0. The number of benzene rings is 2. The second kappa shape index (κ2) is 8.29. The molecule has 144 valence electrons. The van der Waals surface area contributed by atoms with Crippen molar-refractivity contribution in [2.24, 2.45) is 0 Å². The van der Waals surface area contributed by atoms with Crippen molar-refractivity contribution in [3.8, 4) is 5.75 Å². The van der Waals surface area contributed by atoms with Crippen molar-refractivity contribution >= 4 is 11.6 Å². The summed E-state index contributed by atoms with van der Waals surface area (Å²) in [5.74, 6) is 1.66. The van der Waals surface area contributed by atoms with Crippen LogP contribution in [0.5, 0.6) is 5.75 Å². The molecule has 28 heavy (non-hydrogen) atoms. The Kier molecular flexibility index (Phi) is 5.60. The van der Waals surface area contributed by atoms with E-state index in [9.17, 15) is 0 Å². The molecule has 5 heteroatoms. The lowest BCUT2D eigenvalue weighted by Gasteiger charge is -2.38. The molecule has 0 saturated carbocycles. The van der Waals surface area contributed by atoms with E-state index in [4.69, 9.17) is 21.3 Å². The van der Waals surface area contributed by atoms with Crippen LogP contribution in [0, 0.1) is 0 Å². The number of piperidine rings is 1. The molecule has 1 aliphatic rings. The van der Waals surface area contributed by atoms with Crippen LogP contribution in [0.1, 0.15) is 35.5 Å². The van der Waals surface area contributed by atoms with Gasteiger partial charge in [-0.2, -0.15) is 0 Å². The van der Waals surface area contributed by atoms with E-state index in [1.54, 1.807) is 7.11 Å². The number of aromatic nitrogens is 2. The first-order valence-electron chi connectivity index (χ1n) is 9.63. The van der Waals surface area contributed by atoms with E-state index >= 15 is 0 Å². The maximum atomic E-state index is 6.63. The molecule has 0 bridgehead atoms. The van der Waals surface area contributed by atoms with E-state index < -0.39 is 0 Å². The molecule has 2 aromatic carbocycles. The molecule has 4 rings (SSSR count). The highest BCUT2D eigenvalue weighted by Crippen LogP contribution is 2.42.